The summed E-state index contributed by atoms with van der Waals surface area (Å²) < 4.78 is 1.77. The van der Waals surface area contributed by atoms with Crippen molar-refractivity contribution >= 4 is 17.8 Å². The molecule has 23 heavy (non-hydrogen) atoms. The van der Waals surface area contributed by atoms with Crippen LogP contribution in [0, 0.1) is 0 Å². The molecule has 0 radical (unpaired) electrons. The van der Waals surface area contributed by atoms with E-state index in [4.69, 9.17) is 0 Å². The number of hydrazone groups is 1. The molecule has 1 amide bonds. The minimum atomic E-state index is -0.157. The Morgan fingerprint density at radius 3 is 2.35 bits per heavy atom. The summed E-state index contributed by atoms with van der Waals surface area (Å²) in [5, 5.41) is 10.0. The molecule has 0 aliphatic rings. The first kappa shape index (κ1) is 14.7. The van der Waals surface area contributed by atoms with Crippen LogP contribution in [0.3, 0.4) is 0 Å². The predicted molar refractivity (Wildman–Crippen MR) is 90.8 cm³/mol. The van der Waals surface area contributed by atoms with Gasteiger partial charge in [-0.1, -0.05) is 36.4 Å². The summed E-state index contributed by atoms with van der Waals surface area (Å²) in [5.41, 5.74) is 2.37. The lowest BCUT2D eigenvalue weighted by Gasteiger charge is -2.14. The Hall–Kier alpha value is -3.21. The van der Waals surface area contributed by atoms with Gasteiger partial charge in [0.15, 0.2) is 0 Å². The second kappa shape index (κ2) is 6.70. The van der Waals surface area contributed by atoms with Crippen LogP contribution in [0.2, 0.25) is 0 Å². The highest BCUT2D eigenvalue weighted by Crippen LogP contribution is 2.14. The Kier molecular flexibility index (Phi) is 4.29. The number of para-hydroxylation sites is 2. The summed E-state index contributed by atoms with van der Waals surface area (Å²) in [5.74, 6) is -0.157. The molecule has 1 heterocycles. The van der Waals surface area contributed by atoms with Gasteiger partial charge in [-0.2, -0.15) is 10.2 Å². The molecule has 0 unspecified atom stereocenters. The van der Waals surface area contributed by atoms with E-state index in [1.807, 2.05) is 72.9 Å². The van der Waals surface area contributed by atoms with Crippen molar-refractivity contribution in [2.75, 3.05) is 5.01 Å². The molecule has 0 bridgehead atoms. The Bertz CT molecular complexity index is 809. The minimum absolute atomic E-state index is 0.157. The minimum Gasteiger partial charge on any atom is -0.273 e. The molecule has 114 valence electrons. The molecule has 0 atom stereocenters. The number of carbonyl (C=O) groups excluding carboxylic acids is 1. The Balaban J connectivity index is 1.82. The standard InChI is InChI=1S/C18H16N4O/c1-15(23)22(18-10-6-3-7-11-18)19-14-16-12-13-21(20-16)17-8-4-2-5-9-17/h2-14H,1H3/b19-14+. The Morgan fingerprint density at radius 2 is 1.70 bits per heavy atom. The highest BCUT2D eigenvalue weighted by molar-refractivity contribution is 5.93. The van der Waals surface area contributed by atoms with Crippen molar-refractivity contribution in [1.82, 2.24) is 9.78 Å². The number of hydrogen-bond acceptors (Lipinski definition) is 3. The normalized spacial score (nSPS) is 10.8. The Morgan fingerprint density at radius 1 is 1.04 bits per heavy atom. The number of rotatable bonds is 4. The number of aromatic nitrogens is 2. The zero-order chi connectivity index (χ0) is 16.1. The van der Waals surface area contributed by atoms with E-state index in [1.165, 1.54) is 11.9 Å². The van der Waals surface area contributed by atoms with Crippen molar-refractivity contribution in [3.8, 4) is 5.69 Å². The summed E-state index contributed by atoms with van der Waals surface area (Å²) in [6.45, 7) is 1.48. The number of benzene rings is 2. The first-order valence-corrected chi connectivity index (χ1v) is 7.25. The van der Waals surface area contributed by atoms with Gasteiger partial charge in [0.1, 0.15) is 5.69 Å². The molecule has 0 aliphatic heterocycles. The van der Waals surface area contributed by atoms with Crippen LogP contribution < -0.4 is 5.01 Å². The highest BCUT2D eigenvalue weighted by Gasteiger charge is 2.09. The predicted octanol–water partition coefficient (Wildman–Crippen LogP) is 3.26. The van der Waals surface area contributed by atoms with Crippen molar-refractivity contribution in [1.29, 1.82) is 0 Å². The first-order chi connectivity index (χ1) is 11.2. The lowest BCUT2D eigenvalue weighted by atomic mass is 10.3. The molecule has 0 N–H and O–H groups in total. The van der Waals surface area contributed by atoms with Gasteiger partial charge in [-0.05, 0) is 30.3 Å². The van der Waals surface area contributed by atoms with E-state index in [9.17, 15) is 4.79 Å². The van der Waals surface area contributed by atoms with Crippen molar-refractivity contribution in [2.45, 2.75) is 6.92 Å². The van der Waals surface area contributed by atoms with Crippen LogP contribution in [0.1, 0.15) is 12.6 Å². The van der Waals surface area contributed by atoms with Gasteiger partial charge in [0.25, 0.3) is 0 Å². The maximum absolute atomic E-state index is 11.8. The molecule has 0 saturated heterocycles. The third-order valence-corrected chi connectivity index (χ3v) is 3.23. The number of carbonyl (C=O) groups is 1. The molecule has 3 aromatic rings. The van der Waals surface area contributed by atoms with Gasteiger partial charge < -0.3 is 0 Å². The van der Waals surface area contributed by atoms with E-state index in [0.29, 0.717) is 5.69 Å². The van der Waals surface area contributed by atoms with Crippen molar-refractivity contribution < 1.29 is 4.79 Å². The van der Waals surface area contributed by atoms with E-state index >= 15 is 0 Å². The van der Waals surface area contributed by atoms with Crippen molar-refractivity contribution in [2.24, 2.45) is 5.10 Å². The maximum atomic E-state index is 11.8. The van der Waals surface area contributed by atoms with Gasteiger partial charge in [0.2, 0.25) is 5.91 Å². The largest absolute Gasteiger partial charge is 0.273 e. The summed E-state index contributed by atoms with van der Waals surface area (Å²) in [6, 6.07) is 21.0. The van der Waals surface area contributed by atoms with Gasteiger partial charge in [-0.3, -0.25) is 4.79 Å². The third kappa shape index (κ3) is 3.52. The second-order valence-corrected chi connectivity index (χ2v) is 4.93. The van der Waals surface area contributed by atoms with Gasteiger partial charge in [-0.15, -0.1) is 0 Å². The summed E-state index contributed by atoms with van der Waals surface area (Å²) >= 11 is 0. The smallest absolute Gasteiger partial charge is 0.244 e. The van der Waals surface area contributed by atoms with Crippen LogP contribution in [-0.4, -0.2) is 21.9 Å². The van der Waals surface area contributed by atoms with Gasteiger partial charge in [0, 0.05) is 13.1 Å². The maximum Gasteiger partial charge on any atom is 0.244 e. The fourth-order valence-corrected chi connectivity index (χ4v) is 2.15. The molecule has 3 rings (SSSR count). The molecular formula is C18H16N4O. The van der Waals surface area contributed by atoms with E-state index < -0.39 is 0 Å². The SMILES string of the molecule is CC(=O)N(/N=C/c1ccn(-c2ccccc2)n1)c1ccccc1. The third-order valence-electron chi connectivity index (χ3n) is 3.23. The lowest BCUT2D eigenvalue weighted by Crippen LogP contribution is -2.22. The number of nitrogens with zero attached hydrogens (tertiary/aromatic N) is 4. The molecular weight excluding hydrogens is 288 g/mol. The number of hydrogen-bond donors (Lipinski definition) is 0. The number of amides is 1. The summed E-state index contributed by atoms with van der Waals surface area (Å²) in [6.07, 6.45) is 3.44. The zero-order valence-corrected chi connectivity index (χ0v) is 12.7. The van der Waals surface area contributed by atoms with Crippen LogP contribution in [0.25, 0.3) is 5.69 Å². The van der Waals surface area contributed by atoms with Crippen LogP contribution in [-0.2, 0) is 4.79 Å². The molecule has 0 spiro atoms. The average molecular weight is 304 g/mol. The van der Waals surface area contributed by atoms with E-state index in [0.717, 1.165) is 11.4 Å². The lowest BCUT2D eigenvalue weighted by molar-refractivity contribution is -0.116. The number of anilines is 1. The molecule has 1 aromatic heterocycles. The molecule has 0 fully saturated rings. The zero-order valence-electron chi connectivity index (χ0n) is 12.7. The topological polar surface area (TPSA) is 50.5 Å². The van der Waals surface area contributed by atoms with E-state index in [1.54, 1.807) is 10.9 Å². The van der Waals surface area contributed by atoms with Crippen molar-refractivity contribution in [3.05, 3.63) is 78.6 Å². The molecule has 5 heteroatoms. The van der Waals surface area contributed by atoms with E-state index in [2.05, 4.69) is 10.2 Å². The fraction of sp³-hybridized carbons (Fsp3) is 0.0556. The molecule has 2 aromatic carbocycles. The monoisotopic (exact) mass is 304 g/mol. The molecule has 5 nitrogen and oxygen atoms in total. The van der Waals surface area contributed by atoms with Crippen LogP contribution >= 0.6 is 0 Å². The summed E-state index contributed by atoms with van der Waals surface area (Å²) in [7, 11) is 0. The first-order valence-electron chi connectivity index (χ1n) is 7.25. The Labute approximate surface area is 134 Å². The average Bonchev–Trinajstić information content (AvgIpc) is 3.05. The van der Waals surface area contributed by atoms with Gasteiger partial charge in [-0.25, -0.2) is 9.69 Å². The van der Waals surface area contributed by atoms with Crippen LogP contribution in [0.15, 0.2) is 78.0 Å². The van der Waals surface area contributed by atoms with Gasteiger partial charge >= 0.3 is 0 Å². The molecule has 0 aliphatic carbocycles. The fourth-order valence-electron chi connectivity index (χ4n) is 2.15. The quantitative estimate of drug-likeness (QED) is 0.549. The summed E-state index contributed by atoms with van der Waals surface area (Å²) in [4.78, 5) is 11.8. The van der Waals surface area contributed by atoms with Crippen LogP contribution in [0.4, 0.5) is 5.69 Å². The van der Waals surface area contributed by atoms with Crippen LogP contribution in [0.5, 0.6) is 0 Å². The highest BCUT2D eigenvalue weighted by atomic mass is 16.2. The second-order valence-electron chi connectivity index (χ2n) is 4.93. The molecule has 0 saturated carbocycles. The van der Waals surface area contributed by atoms with Crippen molar-refractivity contribution in [3.63, 3.8) is 0 Å². The van der Waals surface area contributed by atoms with E-state index in [-0.39, 0.29) is 5.91 Å². The van der Waals surface area contributed by atoms with Gasteiger partial charge in [0.05, 0.1) is 17.6 Å².